The molecule has 0 heterocycles. The molecule has 142 valence electrons. The van der Waals surface area contributed by atoms with Gasteiger partial charge in [-0.1, -0.05) is 102 Å². The molecular formula is C23H38O2. The normalized spacial score (nSPS) is 10.8. The molecule has 25 heavy (non-hydrogen) atoms. The van der Waals surface area contributed by atoms with Gasteiger partial charge in [0.15, 0.2) is 0 Å². The first-order valence-corrected chi connectivity index (χ1v) is 10.5. The third-order valence-corrected chi connectivity index (χ3v) is 4.77. The Labute approximate surface area is 155 Å². The van der Waals surface area contributed by atoms with Crippen LogP contribution >= 0.6 is 0 Å². The molecule has 0 fully saturated rings. The van der Waals surface area contributed by atoms with Crippen molar-refractivity contribution in [3.8, 4) is 0 Å². The number of esters is 1. The number of rotatable bonds is 15. The quantitative estimate of drug-likeness (QED) is 0.247. The van der Waals surface area contributed by atoms with Gasteiger partial charge in [-0.3, -0.25) is 0 Å². The van der Waals surface area contributed by atoms with Gasteiger partial charge < -0.3 is 4.74 Å². The Morgan fingerprint density at radius 2 is 1.16 bits per heavy atom. The molecule has 0 atom stereocenters. The van der Waals surface area contributed by atoms with Crippen LogP contribution in [0.3, 0.4) is 0 Å². The number of hydrogen-bond donors (Lipinski definition) is 0. The van der Waals surface area contributed by atoms with E-state index in [1.807, 2.05) is 31.2 Å². The lowest BCUT2D eigenvalue weighted by Crippen LogP contribution is -2.06. The second-order valence-corrected chi connectivity index (χ2v) is 7.24. The summed E-state index contributed by atoms with van der Waals surface area (Å²) in [7, 11) is 0. The molecule has 0 aromatic heterocycles. The average Bonchev–Trinajstić information content (AvgIpc) is 2.62. The number of benzene rings is 1. The highest BCUT2D eigenvalue weighted by Gasteiger charge is 2.05. The number of hydrogen-bond acceptors (Lipinski definition) is 2. The molecule has 0 aliphatic rings. The number of ether oxygens (including phenoxy) is 1. The SMILES string of the molecule is CCCCCCCCCCCCCCCOC(=O)c1ccc(C)cc1. The van der Waals surface area contributed by atoms with E-state index in [9.17, 15) is 4.79 Å². The zero-order valence-electron chi connectivity index (χ0n) is 16.5. The summed E-state index contributed by atoms with van der Waals surface area (Å²) >= 11 is 0. The molecule has 0 N–H and O–H groups in total. The van der Waals surface area contributed by atoms with Crippen LogP contribution in [0.15, 0.2) is 24.3 Å². The van der Waals surface area contributed by atoms with Crippen LogP contribution in [0.1, 0.15) is 106 Å². The topological polar surface area (TPSA) is 26.3 Å². The molecule has 0 saturated carbocycles. The average molecular weight is 347 g/mol. The summed E-state index contributed by atoms with van der Waals surface area (Å²) in [6.45, 7) is 4.83. The summed E-state index contributed by atoms with van der Waals surface area (Å²) in [5.74, 6) is -0.195. The van der Waals surface area contributed by atoms with Gasteiger partial charge in [0.05, 0.1) is 12.2 Å². The predicted octanol–water partition coefficient (Wildman–Crippen LogP) is 7.24. The summed E-state index contributed by atoms with van der Waals surface area (Å²) in [6, 6.07) is 7.56. The summed E-state index contributed by atoms with van der Waals surface area (Å²) in [4.78, 5) is 11.9. The molecule has 0 bridgehead atoms. The lowest BCUT2D eigenvalue weighted by Gasteiger charge is -2.05. The van der Waals surface area contributed by atoms with Crippen molar-refractivity contribution in [2.45, 2.75) is 97.3 Å². The van der Waals surface area contributed by atoms with Gasteiger partial charge in [0.1, 0.15) is 0 Å². The smallest absolute Gasteiger partial charge is 0.338 e. The molecule has 0 aliphatic heterocycles. The fraction of sp³-hybridized carbons (Fsp3) is 0.696. The molecule has 2 heteroatoms. The van der Waals surface area contributed by atoms with Gasteiger partial charge >= 0.3 is 5.97 Å². The first-order chi connectivity index (χ1) is 12.2. The van der Waals surface area contributed by atoms with E-state index >= 15 is 0 Å². The third kappa shape index (κ3) is 11.8. The van der Waals surface area contributed by atoms with Gasteiger partial charge in [-0.15, -0.1) is 0 Å². The van der Waals surface area contributed by atoms with E-state index in [0.29, 0.717) is 12.2 Å². The largest absolute Gasteiger partial charge is 0.462 e. The van der Waals surface area contributed by atoms with Crippen molar-refractivity contribution in [3.63, 3.8) is 0 Å². The molecule has 0 radical (unpaired) electrons. The molecule has 0 saturated heterocycles. The molecule has 0 amide bonds. The third-order valence-electron chi connectivity index (χ3n) is 4.77. The van der Waals surface area contributed by atoms with Crippen LogP contribution in [-0.2, 0) is 4.74 Å². The fourth-order valence-electron chi connectivity index (χ4n) is 3.06. The Balaban J connectivity index is 1.84. The minimum Gasteiger partial charge on any atom is -0.462 e. The number of unbranched alkanes of at least 4 members (excludes halogenated alkanes) is 12. The number of carbonyl (C=O) groups excluding carboxylic acids is 1. The Hall–Kier alpha value is -1.31. The van der Waals surface area contributed by atoms with Crippen LogP contribution in [-0.4, -0.2) is 12.6 Å². The van der Waals surface area contributed by atoms with Crippen LogP contribution < -0.4 is 0 Å². The van der Waals surface area contributed by atoms with Gasteiger partial charge in [0, 0.05) is 0 Å². The van der Waals surface area contributed by atoms with Crippen molar-refractivity contribution in [1.29, 1.82) is 0 Å². The highest BCUT2D eigenvalue weighted by molar-refractivity contribution is 5.89. The minimum atomic E-state index is -0.195. The van der Waals surface area contributed by atoms with Gasteiger partial charge in [-0.25, -0.2) is 4.79 Å². The van der Waals surface area contributed by atoms with Crippen molar-refractivity contribution < 1.29 is 9.53 Å². The van der Waals surface area contributed by atoms with Crippen LogP contribution in [0.25, 0.3) is 0 Å². The molecule has 1 rings (SSSR count). The maximum absolute atomic E-state index is 11.9. The van der Waals surface area contributed by atoms with E-state index in [1.165, 1.54) is 70.6 Å². The Morgan fingerprint density at radius 3 is 1.64 bits per heavy atom. The van der Waals surface area contributed by atoms with Crippen molar-refractivity contribution in [2.75, 3.05) is 6.61 Å². The van der Waals surface area contributed by atoms with E-state index in [-0.39, 0.29) is 5.97 Å². The molecule has 1 aromatic rings. The minimum absolute atomic E-state index is 0.195. The van der Waals surface area contributed by atoms with E-state index < -0.39 is 0 Å². The zero-order valence-corrected chi connectivity index (χ0v) is 16.5. The van der Waals surface area contributed by atoms with E-state index in [4.69, 9.17) is 4.74 Å². The van der Waals surface area contributed by atoms with E-state index in [0.717, 1.165) is 18.4 Å². The fourth-order valence-corrected chi connectivity index (χ4v) is 3.06. The maximum atomic E-state index is 11.9. The highest BCUT2D eigenvalue weighted by atomic mass is 16.5. The Kier molecular flexibility index (Phi) is 13.0. The second-order valence-electron chi connectivity index (χ2n) is 7.24. The zero-order chi connectivity index (χ0) is 18.2. The van der Waals surface area contributed by atoms with Crippen LogP contribution in [0.2, 0.25) is 0 Å². The van der Waals surface area contributed by atoms with Crippen molar-refractivity contribution in [2.24, 2.45) is 0 Å². The summed E-state index contributed by atoms with van der Waals surface area (Å²) in [5.41, 5.74) is 1.81. The lowest BCUT2D eigenvalue weighted by molar-refractivity contribution is 0.0497. The van der Waals surface area contributed by atoms with Gasteiger partial charge in [-0.05, 0) is 25.5 Å². The standard InChI is InChI=1S/C23H38O2/c1-3-4-5-6-7-8-9-10-11-12-13-14-15-20-25-23(24)22-18-16-21(2)17-19-22/h16-19H,3-15,20H2,1-2H3. The van der Waals surface area contributed by atoms with E-state index in [1.54, 1.807) is 0 Å². The first kappa shape index (κ1) is 21.7. The maximum Gasteiger partial charge on any atom is 0.338 e. The van der Waals surface area contributed by atoms with Crippen LogP contribution in [0.5, 0.6) is 0 Å². The van der Waals surface area contributed by atoms with Crippen LogP contribution in [0.4, 0.5) is 0 Å². The molecule has 2 nitrogen and oxygen atoms in total. The molecule has 0 spiro atoms. The molecule has 0 aliphatic carbocycles. The monoisotopic (exact) mass is 346 g/mol. The van der Waals surface area contributed by atoms with Crippen LogP contribution in [0, 0.1) is 6.92 Å². The molecular weight excluding hydrogens is 308 g/mol. The van der Waals surface area contributed by atoms with Crippen molar-refractivity contribution in [1.82, 2.24) is 0 Å². The van der Waals surface area contributed by atoms with Gasteiger partial charge in [0.2, 0.25) is 0 Å². The summed E-state index contributed by atoms with van der Waals surface area (Å²) < 4.78 is 5.33. The lowest BCUT2D eigenvalue weighted by atomic mass is 10.0. The van der Waals surface area contributed by atoms with E-state index in [2.05, 4.69) is 6.92 Å². The number of aryl methyl sites for hydroxylation is 1. The summed E-state index contributed by atoms with van der Waals surface area (Å²) in [6.07, 6.45) is 17.3. The first-order valence-electron chi connectivity index (χ1n) is 10.5. The van der Waals surface area contributed by atoms with Crippen molar-refractivity contribution >= 4 is 5.97 Å². The Bertz CT molecular complexity index is 436. The van der Waals surface area contributed by atoms with Gasteiger partial charge in [-0.2, -0.15) is 0 Å². The Morgan fingerprint density at radius 1 is 0.720 bits per heavy atom. The second kappa shape index (κ2) is 15.0. The molecule has 1 aromatic carbocycles. The highest BCUT2D eigenvalue weighted by Crippen LogP contribution is 2.12. The number of carbonyl (C=O) groups is 1. The van der Waals surface area contributed by atoms with Crippen molar-refractivity contribution in [3.05, 3.63) is 35.4 Å². The predicted molar refractivity (Wildman–Crippen MR) is 107 cm³/mol. The molecule has 0 unspecified atom stereocenters. The van der Waals surface area contributed by atoms with Gasteiger partial charge in [0.25, 0.3) is 0 Å². The summed E-state index contributed by atoms with van der Waals surface area (Å²) in [5, 5.41) is 0.